The third-order valence-electron chi connectivity index (χ3n) is 2.95. The van der Waals surface area contributed by atoms with Gasteiger partial charge in [0, 0.05) is 25.5 Å². The van der Waals surface area contributed by atoms with Gasteiger partial charge in [0.05, 0.1) is 12.2 Å². The van der Waals surface area contributed by atoms with Gasteiger partial charge in [-0.05, 0) is 25.5 Å². The third kappa shape index (κ3) is 3.24. The highest BCUT2D eigenvalue weighted by Crippen LogP contribution is 2.06. The van der Waals surface area contributed by atoms with Crippen molar-refractivity contribution in [3.63, 3.8) is 0 Å². The molecule has 5 heteroatoms. The Bertz CT molecular complexity index is 585. The second-order valence-corrected chi connectivity index (χ2v) is 4.44. The molecule has 19 heavy (non-hydrogen) atoms. The van der Waals surface area contributed by atoms with Crippen molar-refractivity contribution in [1.29, 1.82) is 0 Å². The second kappa shape index (κ2) is 6.22. The predicted octanol–water partition coefficient (Wildman–Crippen LogP) is 1.93. The Morgan fingerprint density at radius 2 is 2.00 bits per heavy atom. The first-order valence-corrected chi connectivity index (χ1v) is 6.70. The fraction of sp³-hybridized carbons (Fsp3) is 0.429. The highest BCUT2D eigenvalue weighted by molar-refractivity contribution is 5.35. The van der Waals surface area contributed by atoms with Crippen molar-refractivity contribution in [2.45, 2.75) is 33.4 Å². The fourth-order valence-electron chi connectivity index (χ4n) is 1.91. The van der Waals surface area contributed by atoms with Gasteiger partial charge >= 0.3 is 5.69 Å². The van der Waals surface area contributed by atoms with Crippen LogP contribution in [0.15, 0.2) is 35.4 Å². The van der Waals surface area contributed by atoms with Crippen LogP contribution in [0.2, 0.25) is 0 Å². The van der Waals surface area contributed by atoms with Crippen molar-refractivity contribution in [3.05, 3.63) is 46.8 Å². The standard InChI is InChI=1S/C14H20N4O/c1-3-8-15-13-7-5-6-12(16-13)11-18-10-9-17(4-2)14(18)19/h5-7,9-10H,3-4,8,11H2,1-2H3,(H,15,16). The Balaban J connectivity index is 2.14. The average Bonchev–Trinajstić information content (AvgIpc) is 2.78. The summed E-state index contributed by atoms with van der Waals surface area (Å²) in [6.07, 6.45) is 4.67. The van der Waals surface area contributed by atoms with E-state index in [1.165, 1.54) is 0 Å². The maximum absolute atomic E-state index is 11.9. The maximum atomic E-state index is 11.9. The molecule has 0 fully saturated rings. The van der Waals surface area contributed by atoms with Crippen molar-refractivity contribution in [3.8, 4) is 0 Å². The summed E-state index contributed by atoms with van der Waals surface area (Å²) in [5, 5.41) is 3.25. The highest BCUT2D eigenvalue weighted by atomic mass is 16.1. The molecule has 0 bridgehead atoms. The zero-order valence-electron chi connectivity index (χ0n) is 11.5. The first-order valence-electron chi connectivity index (χ1n) is 6.70. The van der Waals surface area contributed by atoms with Gasteiger partial charge in [0.2, 0.25) is 0 Å². The number of nitrogens with one attached hydrogen (secondary N) is 1. The smallest absolute Gasteiger partial charge is 0.328 e. The minimum Gasteiger partial charge on any atom is -0.370 e. The van der Waals surface area contributed by atoms with Gasteiger partial charge in [-0.15, -0.1) is 0 Å². The first-order chi connectivity index (χ1) is 9.24. The number of aryl methyl sites for hydroxylation is 1. The number of aromatic nitrogens is 3. The Hall–Kier alpha value is -2.04. The summed E-state index contributed by atoms with van der Waals surface area (Å²) in [5.74, 6) is 0.863. The van der Waals surface area contributed by atoms with Crippen LogP contribution in [0.4, 0.5) is 5.82 Å². The van der Waals surface area contributed by atoms with Crippen LogP contribution in [0.1, 0.15) is 26.0 Å². The van der Waals surface area contributed by atoms with E-state index in [2.05, 4.69) is 17.2 Å². The lowest BCUT2D eigenvalue weighted by atomic mass is 10.3. The van der Waals surface area contributed by atoms with E-state index >= 15 is 0 Å². The maximum Gasteiger partial charge on any atom is 0.328 e. The molecule has 0 aliphatic rings. The SMILES string of the molecule is CCCNc1cccc(Cn2ccn(CC)c2=O)n1. The Labute approximate surface area is 112 Å². The van der Waals surface area contributed by atoms with Gasteiger partial charge in [-0.1, -0.05) is 13.0 Å². The minimum absolute atomic E-state index is 0.0104. The Kier molecular flexibility index (Phi) is 4.39. The number of pyridine rings is 1. The summed E-state index contributed by atoms with van der Waals surface area (Å²) in [4.78, 5) is 16.4. The molecule has 0 spiro atoms. The predicted molar refractivity (Wildman–Crippen MR) is 76.5 cm³/mol. The second-order valence-electron chi connectivity index (χ2n) is 4.44. The number of hydrogen-bond donors (Lipinski definition) is 1. The normalized spacial score (nSPS) is 10.6. The molecule has 0 unspecified atom stereocenters. The molecule has 5 nitrogen and oxygen atoms in total. The van der Waals surface area contributed by atoms with Crippen molar-refractivity contribution in [1.82, 2.24) is 14.1 Å². The quantitative estimate of drug-likeness (QED) is 0.863. The van der Waals surface area contributed by atoms with Crippen LogP contribution in [0.25, 0.3) is 0 Å². The molecule has 0 saturated carbocycles. The van der Waals surface area contributed by atoms with E-state index in [1.54, 1.807) is 15.3 Å². The molecular formula is C14H20N4O. The van der Waals surface area contributed by atoms with E-state index in [0.717, 1.165) is 24.5 Å². The van der Waals surface area contributed by atoms with Crippen molar-refractivity contribution in [2.75, 3.05) is 11.9 Å². The van der Waals surface area contributed by atoms with E-state index in [0.29, 0.717) is 13.1 Å². The molecule has 0 amide bonds. The van der Waals surface area contributed by atoms with E-state index in [4.69, 9.17) is 0 Å². The van der Waals surface area contributed by atoms with Gasteiger partial charge in [-0.3, -0.25) is 9.13 Å². The van der Waals surface area contributed by atoms with Gasteiger partial charge in [-0.25, -0.2) is 9.78 Å². The Morgan fingerprint density at radius 3 is 2.68 bits per heavy atom. The van der Waals surface area contributed by atoms with Gasteiger partial charge in [0.15, 0.2) is 0 Å². The number of nitrogens with zero attached hydrogens (tertiary/aromatic N) is 3. The minimum atomic E-state index is 0.0104. The first kappa shape index (κ1) is 13.4. The zero-order chi connectivity index (χ0) is 13.7. The topological polar surface area (TPSA) is 51.9 Å². The molecule has 0 aliphatic carbocycles. The van der Waals surface area contributed by atoms with Crippen molar-refractivity contribution >= 4 is 5.82 Å². The van der Waals surface area contributed by atoms with Gasteiger partial charge in [-0.2, -0.15) is 0 Å². The van der Waals surface area contributed by atoms with Crippen molar-refractivity contribution in [2.24, 2.45) is 0 Å². The molecule has 2 heterocycles. The van der Waals surface area contributed by atoms with E-state index in [1.807, 2.05) is 31.3 Å². The third-order valence-corrected chi connectivity index (χ3v) is 2.95. The number of hydrogen-bond acceptors (Lipinski definition) is 3. The zero-order valence-corrected chi connectivity index (χ0v) is 11.5. The van der Waals surface area contributed by atoms with E-state index in [9.17, 15) is 4.79 Å². The molecule has 102 valence electrons. The number of anilines is 1. The average molecular weight is 260 g/mol. The van der Waals surface area contributed by atoms with Crippen LogP contribution in [-0.2, 0) is 13.1 Å². The van der Waals surface area contributed by atoms with Gasteiger partial charge < -0.3 is 5.32 Å². The lowest BCUT2D eigenvalue weighted by Crippen LogP contribution is -2.24. The van der Waals surface area contributed by atoms with E-state index in [-0.39, 0.29) is 5.69 Å². The lowest BCUT2D eigenvalue weighted by molar-refractivity contribution is 0.662. The highest BCUT2D eigenvalue weighted by Gasteiger charge is 2.04. The van der Waals surface area contributed by atoms with Gasteiger partial charge in [0.1, 0.15) is 5.82 Å². The van der Waals surface area contributed by atoms with Crippen LogP contribution < -0.4 is 11.0 Å². The molecule has 2 aromatic rings. The van der Waals surface area contributed by atoms with Crippen LogP contribution in [0.3, 0.4) is 0 Å². The van der Waals surface area contributed by atoms with Crippen LogP contribution >= 0.6 is 0 Å². The summed E-state index contributed by atoms with van der Waals surface area (Å²) in [5.41, 5.74) is 0.897. The fourth-order valence-corrected chi connectivity index (χ4v) is 1.91. The molecule has 0 atom stereocenters. The molecule has 2 rings (SSSR count). The molecule has 1 N–H and O–H groups in total. The summed E-state index contributed by atoms with van der Waals surface area (Å²) in [6.45, 7) is 6.18. The summed E-state index contributed by atoms with van der Waals surface area (Å²) >= 11 is 0. The summed E-state index contributed by atoms with van der Waals surface area (Å²) in [7, 11) is 0. The summed E-state index contributed by atoms with van der Waals surface area (Å²) < 4.78 is 3.36. The molecule has 0 aromatic carbocycles. The van der Waals surface area contributed by atoms with Crippen molar-refractivity contribution < 1.29 is 0 Å². The number of rotatable bonds is 6. The molecule has 0 radical (unpaired) electrons. The largest absolute Gasteiger partial charge is 0.370 e. The molecule has 0 aliphatic heterocycles. The molecular weight excluding hydrogens is 240 g/mol. The van der Waals surface area contributed by atoms with Gasteiger partial charge in [0.25, 0.3) is 0 Å². The molecule has 0 saturated heterocycles. The van der Waals surface area contributed by atoms with Crippen LogP contribution in [0.5, 0.6) is 0 Å². The number of imidazole rings is 1. The monoisotopic (exact) mass is 260 g/mol. The summed E-state index contributed by atoms with van der Waals surface area (Å²) in [6, 6.07) is 5.84. The Morgan fingerprint density at radius 1 is 1.21 bits per heavy atom. The van der Waals surface area contributed by atoms with E-state index < -0.39 is 0 Å². The molecule has 2 aromatic heterocycles. The van der Waals surface area contributed by atoms with Crippen LogP contribution in [-0.4, -0.2) is 20.7 Å². The lowest BCUT2D eigenvalue weighted by Gasteiger charge is -2.06. The van der Waals surface area contributed by atoms with Crippen LogP contribution in [0, 0.1) is 0 Å².